The molecule has 2 atom stereocenters. The Kier molecular flexibility index (Phi) is 17.8. The van der Waals surface area contributed by atoms with Crippen molar-refractivity contribution in [3.8, 4) is 0 Å². The van der Waals surface area contributed by atoms with Crippen LogP contribution in [-0.2, 0) is 26.2 Å². The van der Waals surface area contributed by atoms with Crippen LogP contribution in [0, 0.1) is 0 Å². The van der Waals surface area contributed by atoms with Gasteiger partial charge in [-0.05, 0) is 61.2 Å². The van der Waals surface area contributed by atoms with Crippen LogP contribution < -0.4 is 35.4 Å². The van der Waals surface area contributed by atoms with Crippen LogP contribution in [-0.4, -0.2) is 22.6 Å². The zero-order valence-electron chi connectivity index (χ0n) is 26.9. The second-order valence-corrected chi connectivity index (χ2v) is 18.5. The van der Waals surface area contributed by atoms with E-state index in [1.165, 1.54) is 98.6 Å². The normalized spacial score (nSPS) is 18.1. The number of fused-ring (bicyclic) bond motifs is 2. The van der Waals surface area contributed by atoms with E-state index in [2.05, 4.69) is 100 Å². The molecule has 2 aliphatic rings. The van der Waals surface area contributed by atoms with Crippen molar-refractivity contribution in [2.24, 2.45) is 0 Å². The van der Waals surface area contributed by atoms with E-state index in [0.717, 1.165) is 22.6 Å². The maximum atomic E-state index is 2.55. The first-order chi connectivity index (χ1) is 19.6. The third-order valence-electron chi connectivity index (χ3n) is 9.87. The Morgan fingerprint density at radius 2 is 1.02 bits per heavy atom. The summed E-state index contributed by atoms with van der Waals surface area (Å²) in [7, 11) is 0.0359. The third-order valence-corrected chi connectivity index (χ3v) is 16.8. The topological polar surface area (TPSA) is 0 Å². The molecule has 0 aromatic heterocycles. The van der Waals surface area contributed by atoms with E-state index in [4.69, 9.17) is 0 Å². The van der Waals surface area contributed by atoms with Crippen LogP contribution in [0.25, 0.3) is 21.5 Å². The largest absolute Gasteiger partial charge is 4.00 e. The summed E-state index contributed by atoms with van der Waals surface area (Å²) in [5.74, 6) is 0. The Balaban J connectivity index is 0.000000286. The van der Waals surface area contributed by atoms with Crippen LogP contribution in [0.3, 0.4) is 0 Å². The summed E-state index contributed by atoms with van der Waals surface area (Å²) >= 11 is 0. The van der Waals surface area contributed by atoms with Gasteiger partial charge in [-0.2, -0.15) is 12.1 Å². The molecular weight excluding hydrogens is 680 g/mol. The van der Waals surface area contributed by atoms with Gasteiger partial charge in [-0.15, -0.1) is 80.7 Å². The van der Waals surface area contributed by atoms with Gasteiger partial charge in [-0.1, -0.05) is 94.2 Å². The molecule has 0 aliphatic heterocycles. The first kappa shape index (κ1) is 39.2. The van der Waals surface area contributed by atoms with Gasteiger partial charge in [-0.3, -0.25) is 0 Å². The first-order valence-corrected chi connectivity index (χ1v) is 19.4. The van der Waals surface area contributed by atoms with Crippen LogP contribution in [0.15, 0.2) is 72.8 Å². The predicted molar refractivity (Wildman–Crippen MR) is 185 cm³/mol. The van der Waals surface area contributed by atoms with Gasteiger partial charge in [0.25, 0.3) is 0 Å². The van der Waals surface area contributed by atoms with E-state index in [0.29, 0.717) is 0 Å². The number of rotatable bonds is 8. The molecule has 0 saturated heterocycles. The van der Waals surface area contributed by atoms with Crippen LogP contribution in [0.5, 0.6) is 0 Å². The fraction of sp³-hybridized carbons (Fsp3) is 0.526. The molecule has 2 unspecified atom stereocenters. The summed E-state index contributed by atoms with van der Waals surface area (Å²) in [4.78, 5) is 0. The zero-order valence-corrected chi connectivity index (χ0v) is 32.6. The van der Waals surface area contributed by atoms with E-state index in [1.54, 1.807) is 10.6 Å². The van der Waals surface area contributed by atoms with Crippen molar-refractivity contribution in [2.75, 3.05) is 0 Å². The summed E-state index contributed by atoms with van der Waals surface area (Å²) in [5.41, 5.74) is 3.69. The van der Waals surface area contributed by atoms with Crippen molar-refractivity contribution in [3.05, 3.63) is 72.8 Å². The molecule has 0 amide bonds. The maximum Gasteiger partial charge on any atom is 4.00 e. The Labute approximate surface area is 297 Å². The molecule has 5 heteroatoms. The van der Waals surface area contributed by atoms with Gasteiger partial charge in [0.05, 0.1) is 0 Å². The number of hydrogen-bond donors (Lipinski definition) is 0. The summed E-state index contributed by atoms with van der Waals surface area (Å²) in [6, 6.07) is 27.7. The van der Waals surface area contributed by atoms with Gasteiger partial charge >= 0.3 is 26.2 Å². The summed E-state index contributed by atoms with van der Waals surface area (Å²) in [6.45, 7) is 9.50. The monoisotopic (exact) mass is 730 g/mol. The SMILES string of the molecule is CCC(C)P(c1cc2ccccc2[cH-]1)C(C)CC.[Cl-].[Cl-].[Zr+4].c1ccc2[cH-]c(P(C3CCCCC3)C3CCCCC3)cc2c1. The fourth-order valence-electron chi connectivity index (χ4n) is 7.34. The van der Waals surface area contributed by atoms with Crippen LogP contribution in [0.1, 0.15) is 105 Å². The van der Waals surface area contributed by atoms with Crippen LogP contribution in [0.4, 0.5) is 0 Å². The van der Waals surface area contributed by atoms with Gasteiger partial charge in [-0.25, -0.2) is 0 Å². The van der Waals surface area contributed by atoms with E-state index >= 15 is 0 Å². The summed E-state index contributed by atoms with van der Waals surface area (Å²) < 4.78 is 0. The van der Waals surface area contributed by atoms with Crippen molar-refractivity contribution in [1.29, 1.82) is 0 Å². The van der Waals surface area contributed by atoms with Gasteiger partial charge in [0.2, 0.25) is 0 Å². The third kappa shape index (κ3) is 9.99. The Morgan fingerprint density at radius 1 is 0.628 bits per heavy atom. The van der Waals surface area contributed by atoms with E-state index in [-0.39, 0.29) is 66.9 Å². The summed E-state index contributed by atoms with van der Waals surface area (Å²) in [5, 5.41) is 9.09. The molecular formula is C38H52Cl2P2Zr. The Bertz CT molecular complexity index is 1220. The van der Waals surface area contributed by atoms with E-state index in [9.17, 15) is 0 Å². The molecule has 2 aliphatic carbocycles. The zero-order chi connectivity index (χ0) is 27.9. The second kappa shape index (κ2) is 19.6. The summed E-state index contributed by atoms with van der Waals surface area (Å²) in [6.07, 6.45) is 17.5. The molecule has 0 N–H and O–H groups in total. The molecule has 0 spiro atoms. The van der Waals surface area contributed by atoms with E-state index in [1.807, 2.05) is 0 Å². The molecule has 2 fully saturated rings. The molecule has 4 aromatic rings. The van der Waals surface area contributed by atoms with Crippen LogP contribution in [0.2, 0.25) is 0 Å². The van der Waals surface area contributed by atoms with Crippen molar-refractivity contribution in [1.82, 2.24) is 0 Å². The second-order valence-electron chi connectivity index (χ2n) is 12.6. The molecule has 0 nitrogen and oxygen atoms in total. The van der Waals surface area contributed by atoms with Crippen molar-refractivity contribution < 1.29 is 51.0 Å². The van der Waals surface area contributed by atoms with Crippen LogP contribution >= 0.6 is 15.8 Å². The molecule has 43 heavy (non-hydrogen) atoms. The standard InChI is InChI=1S/C21H28P.C17H24P.2ClH.Zr/c1-3-11-19(12-4-1)22(20-13-5-2-6-14-20)21-15-17-9-7-8-10-18(17)16-21;1-5-13(3)18(14(4)6-2)17-11-15-9-7-8-10-16(15)12-17;;;/h7-10,15-16,19-20H,1-6,11-14H2;7-14H,5-6H2,1-4H3;2*1H;/q2*-1;;;+4/p-2. The van der Waals surface area contributed by atoms with Crippen molar-refractivity contribution >= 4 is 48.0 Å². The van der Waals surface area contributed by atoms with Gasteiger partial charge in [0.15, 0.2) is 0 Å². The van der Waals surface area contributed by atoms with Crippen molar-refractivity contribution in [2.45, 2.75) is 127 Å². The smallest absolute Gasteiger partial charge is 1.00 e. The minimum absolute atomic E-state index is 0. The Morgan fingerprint density at radius 3 is 1.44 bits per heavy atom. The van der Waals surface area contributed by atoms with Gasteiger partial charge < -0.3 is 24.8 Å². The van der Waals surface area contributed by atoms with Crippen molar-refractivity contribution in [3.63, 3.8) is 0 Å². The van der Waals surface area contributed by atoms with Gasteiger partial charge in [0, 0.05) is 0 Å². The maximum absolute atomic E-state index is 2.55. The minimum Gasteiger partial charge on any atom is -1.00 e. The molecule has 0 radical (unpaired) electrons. The quantitative estimate of drug-likeness (QED) is 0.164. The molecule has 0 bridgehead atoms. The first-order valence-electron chi connectivity index (χ1n) is 16.5. The average Bonchev–Trinajstić information content (AvgIpc) is 3.63. The fourth-order valence-corrected chi connectivity index (χ4v) is 14.5. The molecule has 4 aromatic carbocycles. The number of halogens is 2. The van der Waals surface area contributed by atoms with Gasteiger partial charge in [0.1, 0.15) is 0 Å². The minimum atomic E-state index is -0.0252. The molecule has 0 heterocycles. The number of hydrogen-bond acceptors (Lipinski definition) is 0. The predicted octanol–water partition coefficient (Wildman–Crippen LogP) is 5.60. The average molecular weight is 733 g/mol. The molecule has 6 rings (SSSR count). The Hall–Kier alpha value is -0.0169. The van der Waals surface area contributed by atoms with E-state index < -0.39 is 0 Å². The molecule has 232 valence electrons. The number of benzene rings is 2. The molecule has 2 saturated carbocycles.